The number of aliphatic carboxylic acids is 1. The van der Waals surface area contributed by atoms with Gasteiger partial charge in [-0.2, -0.15) is 0 Å². The Morgan fingerprint density at radius 1 is 1.10 bits per heavy atom. The summed E-state index contributed by atoms with van der Waals surface area (Å²) in [6.07, 6.45) is 1.88. The van der Waals surface area contributed by atoms with Crippen molar-refractivity contribution in [1.82, 2.24) is 9.47 Å². The van der Waals surface area contributed by atoms with Crippen LogP contribution in [0, 0.1) is 0 Å². The number of unbranched alkanes of at least 4 members (excludes halogenated alkanes) is 1. The Kier molecular flexibility index (Phi) is 4.27. The van der Waals surface area contributed by atoms with Gasteiger partial charge < -0.3 is 14.4 Å². The van der Waals surface area contributed by atoms with Crippen LogP contribution >= 0.6 is 0 Å². The van der Waals surface area contributed by atoms with Crippen molar-refractivity contribution in [3.05, 3.63) is 65.4 Å². The maximum atomic E-state index is 13.1. The van der Waals surface area contributed by atoms with Crippen LogP contribution in [0.4, 0.5) is 0 Å². The zero-order valence-electron chi connectivity index (χ0n) is 16.0. The standard InChI is InChI=1S/C23H22N2O4/c26-20(27)11-5-6-13-24-18-9-3-1-7-15(18)16-12-14-25-22(28)17-8-2-4-10-19(17)29-23(25)21(16)24/h1-4,7-10,23H,5-6,11-14H2,(H,26,27). The van der Waals surface area contributed by atoms with E-state index in [4.69, 9.17) is 9.84 Å². The molecule has 148 valence electrons. The Hall–Kier alpha value is -3.28. The normalized spacial score (nSPS) is 17.4. The van der Waals surface area contributed by atoms with E-state index in [9.17, 15) is 9.59 Å². The molecule has 0 saturated heterocycles. The van der Waals surface area contributed by atoms with Gasteiger partial charge in [0.2, 0.25) is 6.23 Å². The number of para-hydroxylation sites is 2. The highest BCUT2D eigenvalue weighted by Gasteiger charge is 2.41. The maximum absolute atomic E-state index is 13.1. The van der Waals surface area contributed by atoms with E-state index in [1.165, 1.54) is 10.9 Å². The minimum Gasteiger partial charge on any atom is -0.481 e. The van der Waals surface area contributed by atoms with Gasteiger partial charge in [-0.3, -0.25) is 14.5 Å². The molecule has 2 aromatic carbocycles. The van der Waals surface area contributed by atoms with Crippen LogP contribution in [0.25, 0.3) is 10.9 Å². The fourth-order valence-electron chi connectivity index (χ4n) is 4.57. The number of benzene rings is 2. The van der Waals surface area contributed by atoms with Gasteiger partial charge in [-0.05, 0) is 43.0 Å². The average Bonchev–Trinajstić information content (AvgIpc) is 3.06. The van der Waals surface area contributed by atoms with Crippen molar-refractivity contribution in [2.75, 3.05) is 6.54 Å². The minimum atomic E-state index is -0.770. The number of hydrogen-bond donors (Lipinski definition) is 1. The van der Waals surface area contributed by atoms with Gasteiger partial charge >= 0.3 is 5.97 Å². The van der Waals surface area contributed by atoms with Crippen LogP contribution in [-0.2, 0) is 17.8 Å². The zero-order valence-corrected chi connectivity index (χ0v) is 16.0. The number of nitrogens with zero attached hydrogens (tertiary/aromatic N) is 2. The molecular formula is C23H22N2O4. The van der Waals surface area contributed by atoms with Crippen molar-refractivity contribution in [3.63, 3.8) is 0 Å². The number of carboxylic acid groups (broad SMARTS) is 1. The van der Waals surface area contributed by atoms with Crippen LogP contribution in [0.5, 0.6) is 5.75 Å². The molecule has 0 aliphatic carbocycles. The summed E-state index contributed by atoms with van der Waals surface area (Å²) in [5.41, 5.74) is 3.98. The van der Waals surface area contributed by atoms with Crippen molar-refractivity contribution in [3.8, 4) is 5.75 Å². The lowest BCUT2D eigenvalue weighted by atomic mass is 9.99. The van der Waals surface area contributed by atoms with Gasteiger partial charge in [-0.25, -0.2) is 0 Å². The second-order valence-electron chi connectivity index (χ2n) is 7.60. The van der Waals surface area contributed by atoms with E-state index in [1.54, 1.807) is 0 Å². The Morgan fingerprint density at radius 3 is 2.76 bits per heavy atom. The number of aryl methyl sites for hydroxylation is 1. The molecule has 3 aromatic rings. The molecule has 5 rings (SSSR count). The Balaban J connectivity index is 1.58. The summed E-state index contributed by atoms with van der Waals surface area (Å²) in [7, 11) is 0. The molecule has 0 saturated carbocycles. The third-order valence-corrected chi connectivity index (χ3v) is 5.88. The highest BCUT2D eigenvalue weighted by molar-refractivity contribution is 5.98. The summed E-state index contributed by atoms with van der Waals surface area (Å²) < 4.78 is 8.56. The number of rotatable bonds is 5. The smallest absolute Gasteiger partial charge is 0.303 e. The summed E-state index contributed by atoms with van der Waals surface area (Å²) >= 11 is 0. The van der Waals surface area contributed by atoms with E-state index in [0.29, 0.717) is 30.8 Å². The van der Waals surface area contributed by atoms with E-state index < -0.39 is 12.2 Å². The van der Waals surface area contributed by atoms with Gasteiger partial charge in [0.05, 0.1) is 11.3 Å². The molecule has 1 atom stereocenters. The fourth-order valence-corrected chi connectivity index (χ4v) is 4.57. The second kappa shape index (κ2) is 6.95. The quantitative estimate of drug-likeness (QED) is 0.669. The molecule has 6 nitrogen and oxygen atoms in total. The number of hydrogen-bond acceptors (Lipinski definition) is 3. The van der Waals surface area contributed by atoms with Gasteiger partial charge in [-0.1, -0.05) is 30.3 Å². The number of ether oxygens (including phenoxy) is 1. The highest BCUT2D eigenvalue weighted by Crippen LogP contribution is 2.42. The predicted octanol–water partition coefficient (Wildman–Crippen LogP) is 3.99. The molecule has 0 fully saturated rings. The van der Waals surface area contributed by atoms with Crippen LogP contribution in [0.15, 0.2) is 48.5 Å². The number of carboxylic acids is 1. The Morgan fingerprint density at radius 2 is 1.90 bits per heavy atom. The average molecular weight is 390 g/mol. The van der Waals surface area contributed by atoms with Crippen LogP contribution in [0.2, 0.25) is 0 Å². The topological polar surface area (TPSA) is 71.8 Å². The lowest BCUT2D eigenvalue weighted by Gasteiger charge is -2.40. The van der Waals surface area contributed by atoms with E-state index in [1.807, 2.05) is 41.3 Å². The minimum absolute atomic E-state index is 0.00480. The molecule has 0 spiro atoms. The summed E-state index contributed by atoms with van der Waals surface area (Å²) in [5, 5.41) is 10.1. The molecule has 2 aliphatic rings. The van der Waals surface area contributed by atoms with E-state index in [2.05, 4.69) is 16.7 Å². The third kappa shape index (κ3) is 2.87. The largest absolute Gasteiger partial charge is 0.481 e. The van der Waals surface area contributed by atoms with E-state index >= 15 is 0 Å². The Bertz CT molecular complexity index is 1120. The van der Waals surface area contributed by atoms with Crippen LogP contribution < -0.4 is 4.74 Å². The van der Waals surface area contributed by atoms with Crippen molar-refractivity contribution < 1.29 is 19.4 Å². The van der Waals surface area contributed by atoms with E-state index in [-0.39, 0.29) is 12.3 Å². The van der Waals surface area contributed by atoms with Crippen LogP contribution in [0.3, 0.4) is 0 Å². The number of aromatic nitrogens is 1. The molecule has 6 heteroatoms. The fraction of sp³-hybridized carbons (Fsp3) is 0.304. The van der Waals surface area contributed by atoms with Crippen molar-refractivity contribution in [1.29, 1.82) is 0 Å². The van der Waals surface area contributed by atoms with Gasteiger partial charge in [0.1, 0.15) is 5.75 Å². The molecule has 1 amide bonds. The summed E-state index contributed by atoms with van der Waals surface area (Å²) in [4.78, 5) is 25.8. The maximum Gasteiger partial charge on any atom is 0.303 e. The summed E-state index contributed by atoms with van der Waals surface area (Å²) in [5.74, 6) is -0.146. The first-order valence-electron chi connectivity index (χ1n) is 10.0. The number of carbonyl (C=O) groups is 2. The summed E-state index contributed by atoms with van der Waals surface area (Å²) in [6.45, 7) is 1.32. The lowest BCUT2D eigenvalue weighted by Crippen LogP contribution is -2.46. The Labute approximate surface area is 168 Å². The second-order valence-corrected chi connectivity index (χ2v) is 7.60. The first-order valence-corrected chi connectivity index (χ1v) is 10.0. The molecule has 1 N–H and O–H groups in total. The monoisotopic (exact) mass is 390 g/mol. The third-order valence-electron chi connectivity index (χ3n) is 5.88. The molecule has 1 aromatic heterocycles. The van der Waals surface area contributed by atoms with Crippen LogP contribution in [0.1, 0.15) is 47.1 Å². The van der Waals surface area contributed by atoms with Gasteiger partial charge in [-0.15, -0.1) is 0 Å². The molecule has 2 aliphatic heterocycles. The van der Waals surface area contributed by atoms with Gasteiger partial charge in [0.25, 0.3) is 5.91 Å². The first-order chi connectivity index (χ1) is 14.1. The summed E-state index contributed by atoms with van der Waals surface area (Å²) in [6, 6.07) is 15.7. The lowest BCUT2D eigenvalue weighted by molar-refractivity contribution is -0.137. The zero-order chi connectivity index (χ0) is 20.0. The molecule has 1 unspecified atom stereocenters. The molecule has 3 heterocycles. The molecular weight excluding hydrogens is 368 g/mol. The van der Waals surface area contributed by atoms with Gasteiger partial charge in [0, 0.05) is 30.4 Å². The molecule has 0 radical (unpaired) electrons. The SMILES string of the molecule is O=C(O)CCCCn1c2c(c3ccccc31)CCN1C(=O)c3ccccc3OC21. The molecule has 29 heavy (non-hydrogen) atoms. The number of carbonyl (C=O) groups excluding carboxylic acids is 1. The van der Waals surface area contributed by atoms with Gasteiger partial charge in [0.15, 0.2) is 0 Å². The van der Waals surface area contributed by atoms with Crippen molar-refractivity contribution in [2.45, 2.75) is 38.5 Å². The van der Waals surface area contributed by atoms with E-state index in [0.717, 1.165) is 24.1 Å². The molecule has 0 bridgehead atoms. The highest BCUT2D eigenvalue weighted by atomic mass is 16.5. The number of fused-ring (bicyclic) bond motifs is 6. The van der Waals surface area contributed by atoms with Crippen LogP contribution in [-0.4, -0.2) is 33.0 Å². The van der Waals surface area contributed by atoms with Crippen molar-refractivity contribution in [2.24, 2.45) is 0 Å². The predicted molar refractivity (Wildman–Crippen MR) is 108 cm³/mol. The van der Waals surface area contributed by atoms with Crippen molar-refractivity contribution >= 4 is 22.8 Å². The first kappa shape index (κ1) is 17.8. The number of amides is 1.